The number of aromatic nitrogens is 2. The minimum atomic E-state index is -0.237. The number of anilines is 2. The number of nitrogens with zero attached hydrogens (tertiary/aromatic N) is 2. The number of carbonyl (C=O) groups is 1. The first-order valence-corrected chi connectivity index (χ1v) is 8.82. The Bertz CT molecular complexity index is 695. The van der Waals surface area contributed by atoms with E-state index in [0.717, 1.165) is 16.8 Å². The van der Waals surface area contributed by atoms with Gasteiger partial charge in [-0.1, -0.05) is 45.9 Å². The summed E-state index contributed by atoms with van der Waals surface area (Å²) < 4.78 is 0. The molecule has 1 aromatic heterocycles. The molecule has 0 radical (unpaired) electrons. The summed E-state index contributed by atoms with van der Waals surface area (Å²) in [7, 11) is 0. The van der Waals surface area contributed by atoms with Crippen LogP contribution in [0.5, 0.6) is 0 Å². The van der Waals surface area contributed by atoms with E-state index in [2.05, 4.69) is 60.4 Å². The molecule has 0 bridgehead atoms. The molecule has 0 unspecified atom stereocenters. The molecular weight excluding hydrogens is 312 g/mol. The van der Waals surface area contributed by atoms with Crippen molar-refractivity contribution < 1.29 is 4.79 Å². The van der Waals surface area contributed by atoms with Gasteiger partial charge in [-0.3, -0.25) is 4.79 Å². The highest BCUT2D eigenvalue weighted by Gasteiger charge is 2.17. The van der Waals surface area contributed by atoms with Crippen molar-refractivity contribution in [1.82, 2.24) is 9.97 Å². The average molecular weight is 340 g/mol. The molecular formula is C20H28N4O. The summed E-state index contributed by atoms with van der Waals surface area (Å²) in [6, 6.07) is 6.44. The van der Waals surface area contributed by atoms with E-state index in [0.29, 0.717) is 23.3 Å². The highest BCUT2D eigenvalue weighted by Crippen LogP contribution is 2.32. The molecule has 1 heterocycles. The topological polar surface area (TPSA) is 66.9 Å². The second kappa shape index (κ2) is 8.10. The predicted octanol–water partition coefficient (Wildman–Crippen LogP) is 4.80. The summed E-state index contributed by atoms with van der Waals surface area (Å²) in [5.41, 5.74) is 3.46. The highest BCUT2D eigenvalue weighted by molar-refractivity contribution is 6.03. The van der Waals surface area contributed by atoms with Gasteiger partial charge in [-0.15, -0.1) is 0 Å². The number of carbonyl (C=O) groups excluding carboxylic acids is 1. The van der Waals surface area contributed by atoms with Crippen molar-refractivity contribution in [2.24, 2.45) is 0 Å². The van der Waals surface area contributed by atoms with Crippen LogP contribution in [0.2, 0.25) is 0 Å². The van der Waals surface area contributed by atoms with Crippen molar-refractivity contribution in [3.05, 3.63) is 47.4 Å². The van der Waals surface area contributed by atoms with E-state index in [-0.39, 0.29) is 11.9 Å². The van der Waals surface area contributed by atoms with E-state index >= 15 is 0 Å². The number of para-hydroxylation sites is 1. The zero-order valence-electron chi connectivity index (χ0n) is 15.9. The Balaban J connectivity index is 2.28. The maximum absolute atomic E-state index is 12.7. The van der Waals surface area contributed by atoms with Crippen LogP contribution in [-0.4, -0.2) is 21.9 Å². The van der Waals surface area contributed by atoms with E-state index in [1.807, 2.05) is 19.9 Å². The Kier molecular flexibility index (Phi) is 6.12. The molecule has 0 atom stereocenters. The van der Waals surface area contributed by atoms with Crippen LogP contribution >= 0.6 is 0 Å². The maximum Gasteiger partial charge on any atom is 0.275 e. The van der Waals surface area contributed by atoms with Crippen molar-refractivity contribution in [3.8, 4) is 0 Å². The highest BCUT2D eigenvalue weighted by atomic mass is 16.1. The Labute approximate surface area is 150 Å². The van der Waals surface area contributed by atoms with Gasteiger partial charge < -0.3 is 10.6 Å². The van der Waals surface area contributed by atoms with Gasteiger partial charge in [0.25, 0.3) is 5.91 Å². The summed E-state index contributed by atoms with van der Waals surface area (Å²) in [4.78, 5) is 21.2. The van der Waals surface area contributed by atoms with Crippen molar-refractivity contribution in [3.63, 3.8) is 0 Å². The number of amides is 1. The van der Waals surface area contributed by atoms with Crippen LogP contribution in [0.1, 0.15) is 75.0 Å². The maximum atomic E-state index is 12.7. The Hall–Kier alpha value is -2.43. The number of benzene rings is 1. The van der Waals surface area contributed by atoms with Gasteiger partial charge in [0.1, 0.15) is 11.5 Å². The molecule has 134 valence electrons. The van der Waals surface area contributed by atoms with E-state index in [1.165, 1.54) is 6.20 Å². The zero-order valence-corrected chi connectivity index (χ0v) is 15.9. The van der Waals surface area contributed by atoms with Crippen LogP contribution in [0.4, 0.5) is 11.5 Å². The SMILES string of the molecule is CC(C)Nc1cnc(C(=O)Nc2c(C(C)C)cccc2C(C)C)cn1. The molecule has 0 aliphatic heterocycles. The third-order valence-electron chi connectivity index (χ3n) is 3.93. The molecule has 0 aliphatic rings. The smallest absolute Gasteiger partial charge is 0.275 e. The van der Waals surface area contributed by atoms with Crippen LogP contribution < -0.4 is 10.6 Å². The summed E-state index contributed by atoms with van der Waals surface area (Å²) in [6.45, 7) is 12.6. The predicted molar refractivity (Wildman–Crippen MR) is 103 cm³/mol. The van der Waals surface area contributed by atoms with Crippen molar-refractivity contribution in [2.45, 2.75) is 59.4 Å². The first-order chi connectivity index (χ1) is 11.8. The van der Waals surface area contributed by atoms with Gasteiger partial charge in [-0.05, 0) is 36.8 Å². The van der Waals surface area contributed by atoms with Gasteiger partial charge >= 0.3 is 0 Å². The van der Waals surface area contributed by atoms with E-state index in [4.69, 9.17) is 0 Å². The third kappa shape index (κ3) is 4.78. The van der Waals surface area contributed by atoms with Gasteiger partial charge in [-0.2, -0.15) is 0 Å². The Morgan fingerprint density at radius 2 is 1.52 bits per heavy atom. The van der Waals surface area contributed by atoms with Gasteiger partial charge in [0.05, 0.1) is 12.4 Å². The fourth-order valence-corrected chi connectivity index (χ4v) is 2.69. The number of hydrogen-bond donors (Lipinski definition) is 2. The van der Waals surface area contributed by atoms with Gasteiger partial charge in [0.2, 0.25) is 0 Å². The summed E-state index contributed by atoms with van der Waals surface area (Å²) in [5.74, 6) is 1.06. The van der Waals surface area contributed by atoms with E-state index in [9.17, 15) is 4.79 Å². The molecule has 0 spiro atoms. The Morgan fingerprint density at radius 3 is 1.96 bits per heavy atom. The molecule has 1 amide bonds. The van der Waals surface area contributed by atoms with Crippen molar-refractivity contribution >= 4 is 17.4 Å². The Morgan fingerprint density at radius 1 is 0.920 bits per heavy atom. The van der Waals surface area contributed by atoms with Crippen LogP contribution in [0.3, 0.4) is 0 Å². The molecule has 5 heteroatoms. The first kappa shape index (κ1) is 18.9. The second-order valence-corrected chi connectivity index (χ2v) is 7.16. The molecule has 0 saturated heterocycles. The molecule has 5 nitrogen and oxygen atoms in total. The summed E-state index contributed by atoms with van der Waals surface area (Å²) >= 11 is 0. The lowest BCUT2D eigenvalue weighted by Crippen LogP contribution is -2.18. The number of hydrogen-bond acceptors (Lipinski definition) is 4. The van der Waals surface area contributed by atoms with E-state index in [1.54, 1.807) is 6.20 Å². The number of rotatable bonds is 6. The minimum Gasteiger partial charge on any atom is -0.367 e. The lowest BCUT2D eigenvalue weighted by atomic mass is 9.92. The van der Waals surface area contributed by atoms with Crippen LogP contribution in [0, 0.1) is 0 Å². The normalized spacial score (nSPS) is 11.2. The number of nitrogens with one attached hydrogen (secondary N) is 2. The fourth-order valence-electron chi connectivity index (χ4n) is 2.69. The van der Waals surface area contributed by atoms with Gasteiger partial charge in [0, 0.05) is 11.7 Å². The fraction of sp³-hybridized carbons (Fsp3) is 0.450. The van der Waals surface area contributed by atoms with Crippen molar-refractivity contribution in [1.29, 1.82) is 0 Å². The summed E-state index contributed by atoms with van der Waals surface area (Å²) in [5, 5.41) is 6.22. The second-order valence-electron chi connectivity index (χ2n) is 7.16. The van der Waals surface area contributed by atoms with Crippen LogP contribution in [-0.2, 0) is 0 Å². The minimum absolute atomic E-state index is 0.237. The lowest BCUT2D eigenvalue weighted by Gasteiger charge is -2.20. The molecule has 2 aromatic rings. The summed E-state index contributed by atoms with van der Waals surface area (Å²) in [6.07, 6.45) is 3.10. The molecule has 1 aromatic carbocycles. The van der Waals surface area contributed by atoms with Crippen LogP contribution in [0.25, 0.3) is 0 Å². The third-order valence-corrected chi connectivity index (χ3v) is 3.93. The molecule has 0 fully saturated rings. The quantitative estimate of drug-likeness (QED) is 0.793. The monoisotopic (exact) mass is 340 g/mol. The standard InChI is InChI=1S/C20H28N4O/c1-12(2)15-8-7-9-16(13(3)4)19(15)24-20(25)17-10-22-18(11-21-17)23-14(5)6/h7-14H,1-6H3,(H,22,23)(H,24,25). The zero-order chi connectivity index (χ0) is 18.6. The molecule has 2 N–H and O–H groups in total. The largest absolute Gasteiger partial charge is 0.367 e. The lowest BCUT2D eigenvalue weighted by molar-refractivity contribution is 0.102. The van der Waals surface area contributed by atoms with Crippen LogP contribution in [0.15, 0.2) is 30.6 Å². The molecule has 25 heavy (non-hydrogen) atoms. The molecule has 2 rings (SSSR count). The van der Waals surface area contributed by atoms with E-state index < -0.39 is 0 Å². The average Bonchev–Trinajstić information content (AvgIpc) is 2.54. The van der Waals surface area contributed by atoms with Gasteiger partial charge in [-0.25, -0.2) is 9.97 Å². The van der Waals surface area contributed by atoms with Gasteiger partial charge in [0.15, 0.2) is 0 Å². The van der Waals surface area contributed by atoms with Crippen molar-refractivity contribution in [2.75, 3.05) is 10.6 Å². The molecule has 0 aliphatic carbocycles. The first-order valence-electron chi connectivity index (χ1n) is 8.82. The molecule has 0 saturated carbocycles.